The topological polar surface area (TPSA) is 21.3 Å². The lowest BCUT2D eigenvalue weighted by atomic mass is 10.1. The van der Waals surface area contributed by atoms with Gasteiger partial charge >= 0.3 is 0 Å². The molecule has 0 spiro atoms. The molecule has 5 heteroatoms. The van der Waals surface area contributed by atoms with Crippen LogP contribution >= 0.6 is 23.2 Å². The summed E-state index contributed by atoms with van der Waals surface area (Å²) in [5.41, 5.74) is 2.67. The van der Waals surface area contributed by atoms with E-state index in [0.717, 1.165) is 24.5 Å². The molecule has 0 fully saturated rings. The summed E-state index contributed by atoms with van der Waals surface area (Å²) in [7, 11) is 0. The number of ether oxygens (including phenoxy) is 1. The molecule has 1 atom stereocenters. The van der Waals surface area contributed by atoms with Gasteiger partial charge in [0.05, 0.1) is 17.7 Å². The SMILES string of the molecule is CC(Nc1ccc2c(c1)CCO2)c1c(Cl)ccc(F)c1Cl. The molecule has 2 aromatic carbocycles. The van der Waals surface area contributed by atoms with Crippen molar-refractivity contribution in [2.45, 2.75) is 19.4 Å². The molecular weight excluding hydrogens is 312 g/mol. The predicted molar refractivity (Wildman–Crippen MR) is 84.1 cm³/mol. The third-order valence-electron chi connectivity index (χ3n) is 3.59. The van der Waals surface area contributed by atoms with E-state index in [4.69, 9.17) is 27.9 Å². The second-order valence-corrected chi connectivity index (χ2v) is 5.83. The number of benzene rings is 2. The molecule has 0 aromatic heterocycles. The van der Waals surface area contributed by atoms with Crippen LogP contribution in [0.1, 0.15) is 24.1 Å². The monoisotopic (exact) mass is 325 g/mol. The number of rotatable bonds is 3. The summed E-state index contributed by atoms with van der Waals surface area (Å²) in [6, 6.07) is 8.50. The first kappa shape index (κ1) is 14.5. The summed E-state index contributed by atoms with van der Waals surface area (Å²) in [6.07, 6.45) is 0.903. The van der Waals surface area contributed by atoms with Crippen LogP contribution in [0.15, 0.2) is 30.3 Å². The number of anilines is 1. The molecule has 1 aliphatic heterocycles. The molecule has 110 valence electrons. The highest BCUT2D eigenvalue weighted by atomic mass is 35.5. The van der Waals surface area contributed by atoms with Crippen LogP contribution in [0.2, 0.25) is 10.0 Å². The number of halogens is 3. The third-order valence-corrected chi connectivity index (χ3v) is 4.30. The van der Waals surface area contributed by atoms with Gasteiger partial charge in [-0.05, 0) is 42.8 Å². The fourth-order valence-electron chi connectivity index (χ4n) is 2.54. The zero-order chi connectivity index (χ0) is 15.0. The fraction of sp³-hybridized carbons (Fsp3) is 0.250. The Hall–Kier alpha value is -1.45. The molecule has 2 nitrogen and oxygen atoms in total. The van der Waals surface area contributed by atoms with E-state index in [1.165, 1.54) is 17.7 Å². The largest absolute Gasteiger partial charge is 0.493 e. The molecule has 0 saturated carbocycles. The summed E-state index contributed by atoms with van der Waals surface area (Å²) in [6.45, 7) is 2.62. The maximum Gasteiger partial charge on any atom is 0.142 e. The van der Waals surface area contributed by atoms with E-state index >= 15 is 0 Å². The van der Waals surface area contributed by atoms with Crippen molar-refractivity contribution in [1.29, 1.82) is 0 Å². The Bertz CT molecular complexity index is 690. The van der Waals surface area contributed by atoms with Gasteiger partial charge in [-0.1, -0.05) is 23.2 Å². The van der Waals surface area contributed by atoms with Gasteiger partial charge in [0.25, 0.3) is 0 Å². The first-order valence-electron chi connectivity index (χ1n) is 6.72. The highest BCUT2D eigenvalue weighted by molar-refractivity contribution is 6.36. The average molecular weight is 326 g/mol. The fourth-order valence-corrected chi connectivity index (χ4v) is 3.24. The van der Waals surface area contributed by atoms with Crippen LogP contribution < -0.4 is 10.1 Å². The van der Waals surface area contributed by atoms with Crippen LogP contribution in [0, 0.1) is 5.82 Å². The summed E-state index contributed by atoms with van der Waals surface area (Å²) in [5.74, 6) is 0.460. The van der Waals surface area contributed by atoms with E-state index < -0.39 is 5.82 Å². The maximum atomic E-state index is 13.6. The van der Waals surface area contributed by atoms with E-state index in [9.17, 15) is 4.39 Å². The predicted octanol–water partition coefficient (Wildman–Crippen LogP) is 5.24. The minimum absolute atomic E-state index is 0.0620. The highest BCUT2D eigenvalue weighted by Gasteiger charge is 2.18. The van der Waals surface area contributed by atoms with Crippen LogP contribution in [0.3, 0.4) is 0 Å². The minimum atomic E-state index is -0.466. The zero-order valence-electron chi connectivity index (χ0n) is 11.4. The molecule has 3 rings (SSSR count). The Morgan fingerprint density at radius 3 is 2.86 bits per heavy atom. The molecule has 0 aliphatic carbocycles. The van der Waals surface area contributed by atoms with Gasteiger partial charge in [0.1, 0.15) is 11.6 Å². The van der Waals surface area contributed by atoms with Gasteiger partial charge in [-0.25, -0.2) is 4.39 Å². The van der Waals surface area contributed by atoms with Crippen LogP contribution in [0.5, 0.6) is 5.75 Å². The van der Waals surface area contributed by atoms with Gasteiger partial charge in [-0.2, -0.15) is 0 Å². The Balaban J connectivity index is 1.87. The van der Waals surface area contributed by atoms with Gasteiger partial charge in [0.15, 0.2) is 0 Å². The Morgan fingerprint density at radius 1 is 1.24 bits per heavy atom. The molecule has 21 heavy (non-hydrogen) atoms. The van der Waals surface area contributed by atoms with Crippen molar-refractivity contribution in [3.05, 3.63) is 57.3 Å². The van der Waals surface area contributed by atoms with Crippen LogP contribution in [0.25, 0.3) is 0 Å². The standard InChI is InChI=1S/C16H14Cl2FNO/c1-9(15-12(17)3-4-13(19)16(15)18)20-11-2-5-14-10(8-11)6-7-21-14/h2-5,8-9,20H,6-7H2,1H3. The number of fused-ring (bicyclic) bond motifs is 1. The number of hydrogen-bond acceptors (Lipinski definition) is 2. The van der Waals surface area contributed by atoms with Crippen LogP contribution in [-0.4, -0.2) is 6.61 Å². The molecule has 1 aliphatic rings. The summed E-state index contributed by atoms with van der Waals surface area (Å²) < 4.78 is 19.1. The molecule has 1 unspecified atom stereocenters. The third kappa shape index (κ3) is 2.81. The lowest BCUT2D eigenvalue weighted by Crippen LogP contribution is -2.08. The zero-order valence-corrected chi connectivity index (χ0v) is 12.9. The van der Waals surface area contributed by atoms with Gasteiger partial charge < -0.3 is 10.1 Å². The molecule has 0 amide bonds. The van der Waals surface area contributed by atoms with E-state index in [2.05, 4.69) is 5.32 Å². The van der Waals surface area contributed by atoms with E-state index in [1.54, 1.807) is 0 Å². The Kier molecular flexibility index (Phi) is 3.96. The summed E-state index contributed by atoms with van der Waals surface area (Å²) in [4.78, 5) is 0. The van der Waals surface area contributed by atoms with Gasteiger partial charge in [-0.3, -0.25) is 0 Å². The molecule has 2 aromatic rings. The quantitative estimate of drug-likeness (QED) is 0.779. The van der Waals surface area contributed by atoms with E-state index in [-0.39, 0.29) is 11.1 Å². The smallest absolute Gasteiger partial charge is 0.142 e. The van der Waals surface area contributed by atoms with Crippen molar-refractivity contribution in [2.75, 3.05) is 11.9 Å². The molecule has 0 radical (unpaired) electrons. The first-order chi connectivity index (χ1) is 10.1. The first-order valence-corrected chi connectivity index (χ1v) is 7.47. The van der Waals surface area contributed by atoms with Crippen molar-refractivity contribution in [2.24, 2.45) is 0 Å². The normalized spacial score (nSPS) is 14.5. The molecule has 1 N–H and O–H groups in total. The summed E-state index contributed by atoms with van der Waals surface area (Å²) in [5, 5.41) is 3.82. The van der Waals surface area contributed by atoms with Crippen molar-refractivity contribution in [3.63, 3.8) is 0 Å². The van der Waals surface area contributed by atoms with Gasteiger partial charge in [0, 0.05) is 22.7 Å². The lowest BCUT2D eigenvalue weighted by molar-refractivity contribution is 0.357. The molecule has 0 bridgehead atoms. The molecular formula is C16H14Cl2FNO. The van der Waals surface area contributed by atoms with Crippen molar-refractivity contribution in [1.82, 2.24) is 0 Å². The number of nitrogens with one attached hydrogen (secondary N) is 1. The second-order valence-electron chi connectivity index (χ2n) is 5.04. The van der Waals surface area contributed by atoms with Crippen molar-refractivity contribution in [3.8, 4) is 5.75 Å². The highest BCUT2D eigenvalue weighted by Crippen LogP contribution is 2.35. The van der Waals surface area contributed by atoms with Gasteiger partial charge in [0.2, 0.25) is 0 Å². The van der Waals surface area contributed by atoms with Crippen LogP contribution in [-0.2, 0) is 6.42 Å². The lowest BCUT2D eigenvalue weighted by Gasteiger charge is -2.19. The number of hydrogen-bond donors (Lipinski definition) is 1. The van der Waals surface area contributed by atoms with Crippen molar-refractivity contribution >= 4 is 28.9 Å². The van der Waals surface area contributed by atoms with E-state index in [0.29, 0.717) is 10.6 Å². The van der Waals surface area contributed by atoms with Crippen LogP contribution in [0.4, 0.5) is 10.1 Å². The minimum Gasteiger partial charge on any atom is -0.493 e. The molecule has 1 heterocycles. The van der Waals surface area contributed by atoms with E-state index in [1.807, 2.05) is 25.1 Å². The van der Waals surface area contributed by atoms with Crippen molar-refractivity contribution < 1.29 is 9.13 Å². The summed E-state index contributed by atoms with van der Waals surface area (Å²) >= 11 is 12.2. The maximum absolute atomic E-state index is 13.6. The second kappa shape index (κ2) is 5.74. The Labute approximate surface area is 132 Å². The Morgan fingerprint density at radius 2 is 2.05 bits per heavy atom. The average Bonchev–Trinajstić information content (AvgIpc) is 2.91. The molecule has 0 saturated heterocycles. The van der Waals surface area contributed by atoms with Gasteiger partial charge in [-0.15, -0.1) is 0 Å².